The van der Waals surface area contributed by atoms with E-state index in [0.717, 1.165) is 0 Å². The SMILES string of the molecule is Cc1ccc2ccccc2c1C.Cc1ccccc1C. The summed E-state index contributed by atoms with van der Waals surface area (Å²) < 4.78 is 0. The van der Waals surface area contributed by atoms with Crippen molar-refractivity contribution in [3.8, 4) is 0 Å². The second-order valence-corrected chi connectivity index (χ2v) is 5.31. The van der Waals surface area contributed by atoms with Crippen LogP contribution in [0.15, 0.2) is 60.7 Å². The Hall–Kier alpha value is -2.08. The summed E-state index contributed by atoms with van der Waals surface area (Å²) in [6.07, 6.45) is 0. The highest BCUT2D eigenvalue weighted by Crippen LogP contribution is 2.20. The van der Waals surface area contributed by atoms with E-state index in [1.807, 2.05) is 0 Å². The van der Waals surface area contributed by atoms with Crippen LogP contribution < -0.4 is 0 Å². The van der Waals surface area contributed by atoms with Gasteiger partial charge in [-0.1, -0.05) is 60.7 Å². The summed E-state index contributed by atoms with van der Waals surface area (Å²) in [5.41, 5.74) is 5.50. The molecule has 0 aliphatic heterocycles. The molecule has 3 aromatic rings. The number of hydrogen-bond donors (Lipinski definition) is 0. The molecular weight excluding hydrogens is 240 g/mol. The highest BCUT2D eigenvalue weighted by atomic mass is 14.0. The fourth-order valence-electron chi connectivity index (χ4n) is 2.20. The summed E-state index contributed by atoms with van der Waals surface area (Å²) in [6.45, 7) is 8.57. The highest BCUT2D eigenvalue weighted by Gasteiger charge is 1.97. The molecule has 0 saturated carbocycles. The van der Waals surface area contributed by atoms with E-state index in [-0.39, 0.29) is 0 Å². The Bertz CT molecular complexity index is 687. The number of fused-ring (bicyclic) bond motifs is 1. The van der Waals surface area contributed by atoms with Crippen LogP contribution in [-0.4, -0.2) is 0 Å². The first-order valence-corrected chi connectivity index (χ1v) is 7.07. The molecule has 0 heteroatoms. The largest absolute Gasteiger partial charge is 0.0620 e. The summed E-state index contributed by atoms with van der Waals surface area (Å²) in [5, 5.41) is 2.71. The van der Waals surface area contributed by atoms with Gasteiger partial charge in [-0.3, -0.25) is 0 Å². The van der Waals surface area contributed by atoms with E-state index in [9.17, 15) is 0 Å². The van der Waals surface area contributed by atoms with Gasteiger partial charge in [-0.2, -0.15) is 0 Å². The van der Waals surface area contributed by atoms with E-state index in [2.05, 4.69) is 88.4 Å². The van der Waals surface area contributed by atoms with Crippen molar-refractivity contribution in [1.29, 1.82) is 0 Å². The minimum absolute atomic E-state index is 1.33. The quantitative estimate of drug-likeness (QED) is 0.483. The summed E-state index contributed by atoms with van der Waals surface area (Å²) in [4.78, 5) is 0. The van der Waals surface area contributed by atoms with Gasteiger partial charge in [0, 0.05) is 0 Å². The maximum absolute atomic E-state index is 2.18. The molecule has 0 aromatic heterocycles. The molecule has 0 nitrogen and oxygen atoms in total. The van der Waals surface area contributed by atoms with Crippen LogP contribution in [0.3, 0.4) is 0 Å². The summed E-state index contributed by atoms with van der Waals surface area (Å²) in [7, 11) is 0. The lowest BCUT2D eigenvalue weighted by Gasteiger charge is -2.04. The normalized spacial score (nSPS) is 10.0. The third-order valence-electron chi connectivity index (χ3n) is 3.89. The number of benzene rings is 3. The van der Waals surface area contributed by atoms with Gasteiger partial charge in [0.2, 0.25) is 0 Å². The Morgan fingerprint density at radius 2 is 1.05 bits per heavy atom. The van der Waals surface area contributed by atoms with E-state index < -0.39 is 0 Å². The third kappa shape index (κ3) is 3.27. The second kappa shape index (κ2) is 6.38. The van der Waals surface area contributed by atoms with Crippen molar-refractivity contribution in [2.24, 2.45) is 0 Å². The number of hydrogen-bond acceptors (Lipinski definition) is 0. The maximum Gasteiger partial charge on any atom is -0.0152 e. The van der Waals surface area contributed by atoms with E-state index in [0.29, 0.717) is 0 Å². The van der Waals surface area contributed by atoms with Gasteiger partial charge < -0.3 is 0 Å². The molecule has 0 radical (unpaired) electrons. The van der Waals surface area contributed by atoms with Gasteiger partial charge in [-0.25, -0.2) is 0 Å². The lowest BCUT2D eigenvalue weighted by molar-refractivity contribution is 1.34. The average Bonchev–Trinajstić information content (AvgIpc) is 2.47. The van der Waals surface area contributed by atoms with Crippen LogP contribution in [0.1, 0.15) is 22.3 Å². The first-order chi connectivity index (χ1) is 9.59. The Balaban J connectivity index is 0.000000160. The molecule has 0 aliphatic rings. The van der Waals surface area contributed by atoms with Gasteiger partial charge >= 0.3 is 0 Å². The minimum Gasteiger partial charge on any atom is -0.0620 e. The summed E-state index contributed by atoms with van der Waals surface area (Å²) in [5.74, 6) is 0. The average molecular weight is 262 g/mol. The maximum atomic E-state index is 2.18. The van der Waals surface area contributed by atoms with Crippen molar-refractivity contribution in [1.82, 2.24) is 0 Å². The van der Waals surface area contributed by atoms with E-state index in [1.165, 1.54) is 33.0 Å². The van der Waals surface area contributed by atoms with Crippen molar-refractivity contribution in [3.05, 3.63) is 82.9 Å². The predicted octanol–water partition coefficient (Wildman–Crippen LogP) is 5.76. The van der Waals surface area contributed by atoms with Crippen LogP contribution in [0.2, 0.25) is 0 Å². The Morgan fingerprint density at radius 1 is 0.500 bits per heavy atom. The third-order valence-corrected chi connectivity index (χ3v) is 3.89. The summed E-state index contributed by atoms with van der Waals surface area (Å²) in [6, 6.07) is 21.2. The molecule has 0 amide bonds. The molecule has 0 unspecified atom stereocenters. The van der Waals surface area contributed by atoms with Crippen molar-refractivity contribution >= 4 is 10.8 Å². The zero-order chi connectivity index (χ0) is 14.5. The molecule has 0 aliphatic carbocycles. The lowest BCUT2D eigenvalue weighted by atomic mass is 10.0. The van der Waals surface area contributed by atoms with E-state index >= 15 is 0 Å². The predicted molar refractivity (Wildman–Crippen MR) is 89.3 cm³/mol. The summed E-state index contributed by atoms with van der Waals surface area (Å²) >= 11 is 0. The topological polar surface area (TPSA) is 0 Å². The standard InChI is InChI=1S/C12H12.C8H10/c1-9-7-8-11-5-3-4-6-12(11)10(9)2;1-7-5-3-4-6-8(7)2/h3-8H,1-2H3;3-6H,1-2H3. The van der Waals surface area contributed by atoms with Crippen LogP contribution in [0.5, 0.6) is 0 Å². The molecule has 3 aromatic carbocycles. The Morgan fingerprint density at radius 3 is 1.65 bits per heavy atom. The molecule has 0 atom stereocenters. The molecule has 0 fully saturated rings. The Kier molecular flexibility index (Phi) is 4.57. The smallest absolute Gasteiger partial charge is 0.0152 e. The van der Waals surface area contributed by atoms with Crippen molar-refractivity contribution < 1.29 is 0 Å². The van der Waals surface area contributed by atoms with Crippen LogP contribution in [0.25, 0.3) is 10.8 Å². The number of aryl methyl sites for hydroxylation is 4. The molecule has 20 heavy (non-hydrogen) atoms. The fraction of sp³-hybridized carbons (Fsp3) is 0.200. The molecule has 102 valence electrons. The first-order valence-electron chi connectivity index (χ1n) is 7.07. The van der Waals surface area contributed by atoms with E-state index in [1.54, 1.807) is 0 Å². The van der Waals surface area contributed by atoms with Gasteiger partial charge in [-0.05, 0) is 60.7 Å². The molecule has 0 N–H and O–H groups in total. The molecule has 0 heterocycles. The van der Waals surface area contributed by atoms with E-state index in [4.69, 9.17) is 0 Å². The molecule has 0 bridgehead atoms. The van der Waals surface area contributed by atoms with Crippen LogP contribution >= 0.6 is 0 Å². The van der Waals surface area contributed by atoms with Gasteiger partial charge in [-0.15, -0.1) is 0 Å². The van der Waals surface area contributed by atoms with Crippen molar-refractivity contribution in [2.75, 3.05) is 0 Å². The first kappa shape index (κ1) is 14.3. The fourth-order valence-corrected chi connectivity index (χ4v) is 2.20. The molecular formula is C20H22. The second-order valence-electron chi connectivity index (χ2n) is 5.31. The zero-order valence-electron chi connectivity index (χ0n) is 12.8. The van der Waals surface area contributed by atoms with Gasteiger partial charge in [0.05, 0.1) is 0 Å². The van der Waals surface area contributed by atoms with Gasteiger partial charge in [0.1, 0.15) is 0 Å². The van der Waals surface area contributed by atoms with Crippen LogP contribution in [0.4, 0.5) is 0 Å². The highest BCUT2D eigenvalue weighted by molar-refractivity contribution is 5.86. The van der Waals surface area contributed by atoms with Gasteiger partial charge in [0.15, 0.2) is 0 Å². The minimum atomic E-state index is 1.33. The van der Waals surface area contributed by atoms with Crippen LogP contribution in [0, 0.1) is 27.7 Å². The van der Waals surface area contributed by atoms with Crippen molar-refractivity contribution in [3.63, 3.8) is 0 Å². The Labute approximate surface area is 122 Å². The number of rotatable bonds is 0. The van der Waals surface area contributed by atoms with Crippen molar-refractivity contribution in [2.45, 2.75) is 27.7 Å². The zero-order valence-corrected chi connectivity index (χ0v) is 12.8. The molecule has 0 spiro atoms. The molecule has 3 rings (SSSR count). The van der Waals surface area contributed by atoms with Crippen LogP contribution in [-0.2, 0) is 0 Å². The monoisotopic (exact) mass is 262 g/mol. The van der Waals surface area contributed by atoms with Gasteiger partial charge in [0.25, 0.3) is 0 Å². The molecule has 0 saturated heterocycles. The lowest BCUT2D eigenvalue weighted by Crippen LogP contribution is -1.82.